The first-order valence-corrected chi connectivity index (χ1v) is 7.87. The third-order valence-electron chi connectivity index (χ3n) is 4.20. The molecule has 1 aliphatic heterocycles. The molecule has 122 valence electrons. The highest BCUT2D eigenvalue weighted by Crippen LogP contribution is 2.36. The van der Waals surface area contributed by atoms with E-state index in [1.165, 1.54) is 12.1 Å². The predicted molar refractivity (Wildman–Crippen MR) is 85.7 cm³/mol. The van der Waals surface area contributed by atoms with Gasteiger partial charge < -0.3 is 14.6 Å². The van der Waals surface area contributed by atoms with Crippen LogP contribution in [0.1, 0.15) is 30.9 Å². The summed E-state index contributed by atoms with van der Waals surface area (Å²) >= 11 is 0. The Morgan fingerprint density at radius 1 is 1.26 bits per heavy atom. The van der Waals surface area contributed by atoms with Crippen molar-refractivity contribution in [1.82, 2.24) is 0 Å². The third-order valence-corrected chi connectivity index (χ3v) is 4.20. The zero-order valence-corrected chi connectivity index (χ0v) is 13.2. The zero-order valence-electron chi connectivity index (χ0n) is 13.2. The molecule has 1 heterocycles. The van der Waals surface area contributed by atoms with Gasteiger partial charge in [-0.3, -0.25) is 0 Å². The maximum absolute atomic E-state index is 14.0. The van der Waals surface area contributed by atoms with Crippen molar-refractivity contribution in [2.24, 2.45) is 0 Å². The number of benzene rings is 2. The van der Waals surface area contributed by atoms with Gasteiger partial charge in [-0.05, 0) is 30.2 Å². The second-order valence-electron chi connectivity index (χ2n) is 6.12. The van der Waals surface area contributed by atoms with Crippen LogP contribution in [-0.2, 0) is 16.9 Å². The lowest BCUT2D eigenvalue weighted by Crippen LogP contribution is -2.37. The second-order valence-corrected chi connectivity index (χ2v) is 6.12. The van der Waals surface area contributed by atoms with Crippen molar-refractivity contribution in [3.8, 4) is 5.75 Å². The minimum absolute atomic E-state index is 0.0503. The van der Waals surface area contributed by atoms with Crippen molar-refractivity contribution in [3.63, 3.8) is 0 Å². The first kappa shape index (κ1) is 16.0. The Balaban J connectivity index is 1.79. The molecule has 3 nitrogen and oxygen atoms in total. The highest BCUT2D eigenvalue weighted by Gasteiger charge is 2.35. The van der Waals surface area contributed by atoms with Crippen LogP contribution in [0.15, 0.2) is 48.5 Å². The SMILES string of the molecule is C[C@@H]1C[C@](O)(c2cc(F)cc(OCc3ccccc3)c2)CCO1. The maximum Gasteiger partial charge on any atom is 0.127 e. The molecule has 0 saturated carbocycles. The van der Waals surface area contributed by atoms with Gasteiger partial charge in [0, 0.05) is 18.9 Å². The van der Waals surface area contributed by atoms with Gasteiger partial charge in [0.2, 0.25) is 0 Å². The summed E-state index contributed by atoms with van der Waals surface area (Å²) in [4.78, 5) is 0. The number of ether oxygens (including phenoxy) is 2. The van der Waals surface area contributed by atoms with E-state index in [0.29, 0.717) is 37.4 Å². The molecule has 0 unspecified atom stereocenters. The number of rotatable bonds is 4. The molecule has 0 bridgehead atoms. The van der Waals surface area contributed by atoms with E-state index in [1.54, 1.807) is 6.07 Å². The van der Waals surface area contributed by atoms with E-state index in [4.69, 9.17) is 9.47 Å². The van der Waals surface area contributed by atoms with Crippen molar-refractivity contribution >= 4 is 0 Å². The Morgan fingerprint density at radius 3 is 2.78 bits per heavy atom. The van der Waals surface area contributed by atoms with Crippen molar-refractivity contribution in [2.75, 3.05) is 6.61 Å². The molecule has 1 aliphatic rings. The Kier molecular flexibility index (Phi) is 4.64. The summed E-state index contributed by atoms with van der Waals surface area (Å²) < 4.78 is 25.1. The van der Waals surface area contributed by atoms with E-state index in [-0.39, 0.29) is 6.10 Å². The molecule has 2 aromatic rings. The third kappa shape index (κ3) is 3.89. The highest BCUT2D eigenvalue weighted by molar-refractivity contribution is 5.34. The van der Waals surface area contributed by atoms with Crippen LogP contribution in [0.25, 0.3) is 0 Å². The van der Waals surface area contributed by atoms with E-state index >= 15 is 0 Å². The van der Waals surface area contributed by atoms with E-state index in [9.17, 15) is 9.50 Å². The normalized spacial score (nSPS) is 24.4. The number of hydrogen-bond acceptors (Lipinski definition) is 3. The molecule has 23 heavy (non-hydrogen) atoms. The summed E-state index contributed by atoms with van der Waals surface area (Å²) in [7, 11) is 0. The highest BCUT2D eigenvalue weighted by atomic mass is 19.1. The van der Waals surface area contributed by atoms with Crippen LogP contribution in [0.5, 0.6) is 5.75 Å². The average Bonchev–Trinajstić information content (AvgIpc) is 2.53. The Morgan fingerprint density at radius 2 is 2.04 bits per heavy atom. The lowest BCUT2D eigenvalue weighted by Gasteiger charge is -2.36. The first-order chi connectivity index (χ1) is 11.0. The van der Waals surface area contributed by atoms with Gasteiger partial charge >= 0.3 is 0 Å². The van der Waals surface area contributed by atoms with E-state index in [1.807, 2.05) is 37.3 Å². The van der Waals surface area contributed by atoms with E-state index in [2.05, 4.69) is 0 Å². The Bertz CT molecular complexity index is 659. The monoisotopic (exact) mass is 316 g/mol. The summed E-state index contributed by atoms with van der Waals surface area (Å²) in [6.45, 7) is 2.74. The lowest BCUT2D eigenvalue weighted by molar-refractivity contribution is -0.101. The molecule has 2 atom stereocenters. The minimum Gasteiger partial charge on any atom is -0.489 e. The average molecular weight is 316 g/mol. The Hall–Kier alpha value is -1.91. The van der Waals surface area contributed by atoms with Gasteiger partial charge in [-0.1, -0.05) is 30.3 Å². The molecule has 0 aromatic heterocycles. The van der Waals surface area contributed by atoms with Crippen LogP contribution in [0, 0.1) is 5.82 Å². The van der Waals surface area contributed by atoms with Gasteiger partial charge in [-0.25, -0.2) is 4.39 Å². The molecule has 1 fully saturated rings. The molecule has 1 saturated heterocycles. The molecule has 1 N–H and O–H groups in total. The van der Waals surface area contributed by atoms with Crippen LogP contribution in [-0.4, -0.2) is 17.8 Å². The molecule has 0 radical (unpaired) electrons. The Labute approximate surface area is 135 Å². The molecular formula is C19H21FO3. The second kappa shape index (κ2) is 6.69. The summed E-state index contributed by atoms with van der Waals surface area (Å²) in [5.41, 5.74) is 0.498. The standard InChI is InChI=1S/C19H21FO3/c1-14-12-19(21,7-8-22-14)16-9-17(20)11-18(10-16)23-13-15-5-3-2-4-6-15/h2-6,9-11,14,21H,7-8,12-13H2,1H3/t14-,19+/m1/s1. The van der Waals surface area contributed by atoms with Crippen LogP contribution < -0.4 is 4.74 Å². The molecular weight excluding hydrogens is 295 g/mol. The first-order valence-electron chi connectivity index (χ1n) is 7.87. The van der Waals surface area contributed by atoms with Crippen molar-refractivity contribution in [3.05, 3.63) is 65.5 Å². The van der Waals surface area contributed by atoms with Crippen LogP contribution in [0.3, 0.4) is 0 Å². The molecule has 4 heteroatoms. The van der Waals surface area contributed by atoms with Gasteiger partial charge in [0.05, 0.1) is 18.3 Å². The van der Waals surface area contributed by atoms with Gasteiger partial charge in [0.15, 0.2) is 0 Å². The molecule has 0 spiro atoms. The largest absolute Gasteiger partial charge is 0.489 e. The van der Waals surface area contributed by atoms with Gasteiger partial charge in [0.1, 0.15) is 18.2 Å². The summed E-state index contributed by atoms with van der Waals surface area (Å²) in [5, 5.41) is 10.8. The molecule has 0 aliphatic carbocycles. The number of halogens is 1. The predicted octanol–water partition coefficient (Wildman–Crippen LogP) is 3.79. The fourth-order valence-corrected chi connectivity index (χ4v) is 2.98. The fraction of sp³-hybridized carbons (Fsp3) is 0.368. The summed E-state index contributed by atoms with van der Waals surface area (Å²) in [6.07, 6.45) is 0.860. The smallest absolute Gasteiger partial charge is 0.127 e. The molecule has 2 aromatic carbocycles. The van der Waals surface area contributed by atoms with Crippen LogP contribution in [0.2, 0.25) is 0 Å². The van der Waals surface area contributed by atoms with Gasteiger partial charge in [-0.2, -0.15) is 0 Å². The summed E-state index contributed by atoms with van der Waals surface area (Å²) in [6, 6.07) is 14.2. The van der Waals surface area contributed by atoms with Crippen LogP contribution in [0.4, 0.5) is 4.39 Å². The van der Waals surface area contributed by atoms with Crippen LogP contribution >= 0.6 is 0 Å². The molecule has 0 amide bonds. The van der Waals surface area contributed by atoms with Crippen molar-refractivity contribution in [1.29, 1.82) is 0 Å². The quantitative estimate of drug-likeness (QED) is 0.932. The van der Waals surface area contributed by atoms with Gasteiger partial charge in [-0.15, -0.1) is 0 Å². The molecule has 3 rings (SSSR count). The van der Waals surface area contributed by atoms with E-state index in [0.717, 1.165) is 5.56 Å². The van der Waals surface area contributed by atoms with E-state index < -0.39 is 11.4 Å². The topological polar surface area (TPSA) is 38.7 Å². The minimum atomic E-state index is -1.06. The van der Waals surface area contributed by atoms with Crippen molar-refractivity contribution in [2.45, 2.75) is 38.1 Å². The van der Waals surface area contributed by atoms with Gasteiger partial charge in [0.25, 0.3) is 0 Å². The number of hydrogen-bond donors (Lipinski definition) is 1. The zero-order chi connectivity index (χ0) is 16.3. The lowest BCUT2D eigenvalue weighted by atomic mass is 9.84. The summed E-state index contributed by atoms with van der Waals surface area (Å²) in [5.74, 6) is 0.0227. The maximum atomic E-state index is 14.0. The van der Waals surface area contributed by atoms with Crippen molar-refractivity contribution < 1.29 is 19.0 Å². The fourth-order valence-electron chi connectivity index (χ4n) is 2.98. The number of aliphatic hydroxyl groups is 1.